The van der Waals surface area contributed by atoms with Crippen molar-refractivity contribution in [2.45, 2.75) is 0 Å². The van der Waals surface area contributed by atoms with E-state index in [0.717, 1.165) is 15.7 Å². The molecule has 0 spiro atoms. The van der Waals surface area contributed by atoms with E-state index < -0.39 is 0 Å². The molecule has 3 aromatic rings. The fraction of sp³-hybridized carbons (Fsp3) is 0. The van der Waals surface area contributed by atoms with Gasteiger partial charge in [0, 0.05) is 16.3 Å². The summed E-state index contributed by atoms with van der Waals surface area (Å²) < 4.78 is 1.51. The van der Waals surface area contributed by atoms with Crippen LogP contribution >= 0.6 is 31.9 Å². The smallest absolute Gasteiger partial charge is 0.138 e. The Balaban J connectivity index is 1.84. The summed E-state index contributed by atoms with van der Waals surface area (Å²) in [6.07, 6.45) is 1.66. The molecule has 3 rings (SSSR count). The van der Waals surface area contributed by atoms with Crippen LogP contribution in [0.3, 0.4) is 0 Å². The highest BCUT2D eigenvalue weighted by molar-refractivity contribution is 9.11. The molecule has 0 aliphatic heterocycles. The van der Waals surface area contributed by atoms with Gasteiger partial charge in [-0.3, -0.25) is 4.99 Å². The van der Waals surface area contributed by atoms with Crippen molar-refractivity contribution >= 4 is 43.8 Å². The molecule has 0 unspecified atom stereocenters. The first-order valence-electron chi connectivity index (χ1n) is 7.01. The predicted molar refractivity (Wildman–Crippen MR) is 103 cm³/mol. The Morgan fingerprint density at radius 3 is 2.17 bits per heavy atom. The Kier molecular flexibility index (Phi) is 4.94. The minimum absolute atomic E-state index is 0.179. The maximum absolute atomic E-state index is 10.0. The molecule has 0 radical (unpaired) electrons. The molecule has 2 nitrogen and oxygen atoms in total. The molecule has 4 heteroatoms. The summed E-state index contributed by atoms with van der Waals surface area (Å²) in [5.74, 6) is 0.179. The van der Waals surface area contributed by atoms with Crippen molar-refractivity contribution in [2.75, 3.05) is 0 Å². The van der Waals surface area contributed by atoms with Crippen LogP contribution in [-0.4, -0.2) is 11.3 Å². The number of phenolic OH excluding ortho intramolecular Hbond substituents is 1. The monoisotopic (exact) mass is 429 g/mol. The van der Waals surface area contributed by atoms with Crippen LogP contribution in [0.15, 0.2) is 80.7 Å². The third-order valence-corrected chi connectivity index (χ3v) is 4.45. The van der Waals surface area contributed by atoms with Crippen LogP contribution in [0.2, 0.25) is 0 Å². The van der Waals surface area contributed by atoms with Crippen molar-refractivity contribution in [3.63, 3.8) is 0 Å². The predicted octanol–water partition coefficient (Wildman–Crippen LogP) is 6.33. The Hall–Kier alpha value is -1.91. The molecule has 0 bridgehead atoms. The van der Waals surface area contributed by atoms with Crippen LogP contribution in [-0.2, 0) is 0 Å². The van der Waals surface area contributed by atoms with E-state index in [1.54, 1.807) is 12.3 Å². The van der Waals surface area contributed by atoms with Crippen molar-refractivity contribution in [1.29, 1.82) is 0 Å². The van der Waals surface area contributed by atoms with Crippen LogP contribution in [0.5, 0.6) is 5.75 Å². The highest BCUT2D eigenvalue weighted by atomic mass is 79.9. The minimum Gasteiger partial charge on any atom is -0.506 e. The third-order valence-electron chi connectivity index (χ3n) is 3.38. The highest BCUT2D eigenvalue weighted by Crippen LogP contribution is 2.31. The van der Waals surface area contributed by atoms with Gasteiger partial charge in [-0.25, -0.2) is 0 Å². The van der Waals surface area contributed by atoms with Gasteiger partial charge in [0.1, 0.15) is 5.75 Å². The first-order chi connectivity index (χ1) is 11.1. The summed E-state index contributed by atoms with van der Waals surface area (Å²) in [5, 5.41) is 10.0. The van der Waals surface area contributed by atoms with Gasteiger partial charge >= 0.3 is 0 Å². The van der Waals surface area contributed by atoms with Crippen LogP contribution in [0, 0.1) is 0 Å². The van der Waals surface area contributed by atoms with E-state index in [2.05, 4.69) is 49.0 Å². The molecule has 0 saturated heterocycles. The molecule has 0 amide bonds. The van der Waals surface area contributed by atoms with Gasteiger partial charge in [0.25, 0.3) is 0 Å². The summed E-state index contributed by atoms with van der Waals surface area (Å²) in [6, 6.07) is 21.8. The van der Waals surface area contributed by atoms with Crippen LogP contribution in [0.1, 0.15) is 5.56 Å². The van der Waals surface area contributed by atoms with Crippen LogP contribution < -0.4 is 0 Å². The highest BCUT2D eigenvalue weighted by Gasteiger charge is 2.05. The molecule has 0 aliphatic rings. The van der Waals surface area contributed by atoms with Gasteiger partial charge in [-0.1, -0.05) is 58.4 Å². The van der Waals surface area contributed by atoms with E-state index in [4.69, 9.17) is 0 Å². The van der Waals surface area contributed by atoms with E-state index in [1.807, 2.05) is 48.5 Å². The molecular formula is C19H13Br2NO. The van der Waals surface area contributed by atoms with E-state index in [1.165, 1.54) is 5.56 Å². The zero-order chi connectivity index (χ0) is 16.2. The Labute approximate surface area is 151 Å². The van der Waals surface area contributed by atoms with Crippen molar-refractivity contribution < 1.29 is 5.11 Å². The Bertz CT molecular complexity index is 843. The first-order valence-corrected chi connectivity index (χ1v) is 8.59. The van der Waals surface area contributed by atoms with Crippen molar-refractivity contribution in [1.82, 2.24) is 0 Å². The maximum Gasteiger partial charge on any atom is 0.138 e. The molecule has 3 aromatic carbocycles. The number of phenols is 1. The Morgan fingerprint density at radius 1 is 0.826 bits per heavy atom. The molecule has 114 valence electrons. The molecule has 23 heavy (non-hydrogen) atoms. The van der Waals surface area contributed by atoms with Gasteiger partial charge in [0.15, 0.2) is 0 Å². The van der Waals surface area contributed by atoms with E-state index in [0.29, 0.717) is 10.0 Å². The number of hydrogen-bond acceptors (Lipinski definition) is 2. The lowest BCUT2D eigenvalue weighted by atomic mass is 10.1. The van der Waals surface area contributed by atoms with Gasteiger partial charge in [0.2, 0.25) is 0 Å². The number of rotatable bonds is 3. The fourth-order valence-corrected chi connectivity index (χ4v) is 3.46. The fourth-order valence-electron chi connectivity index (χ4n) is 2.20. The van der Waals surface area contributed by atoms with Gasteiger partial charge in [-0.15, -0.1) is 0 Å². The van der Waals surface area contributed by atoms with E-state index in [9.17, 15) is 5.11 Å². The molecule has 0 aliphatic carbocycles. The second-order valence-corrected chi connectivity index (χ2v) is 6.77. The lowest BCUT2D eigenvalue weighted by Crippen LogP contribution is -1.84. The molecule has 0 saturated carbocycles. The average molecular weight is 431 g/mol. The van der Waals surface area contributed by atoms with Gasteiger partial charge < -0.3 is 5.11 Å². The lowest BCUT2D eigenvalue weighted by molar-refractivity contribution is 0.471. The molecule has 0 fully saturated rings. The van der Waals surface area contributed by atoms with Gasteiger partial charge in [-0.05, 0) is 51.3 Å². The molecular weight excluding hydrogens is 418 g/mol. The lowest BCUT2D eigenvalue weighted by Gasteiger charge is -2.03. The van der Waals surface area contributed by atoms with Gasteiger partial charge in [-0.2, -0.15) is 0 Å². The summed E-state index contributed by atoms with van der Waals surface area (Å²) in [4.78, 5) is 4.43. The number of aliphatic imine (C=N–C) groups is 1. The quantitative estimate of drug-likeness (QED) is 0.483. The first kappa shape index (κ1) is 16.0. The maximum atomic E-state index is 10.0. The molecule has 0 atom stereocenters. The number of halogens is 2. The van der Waals surface area contributed by atoms with Crippen LogP contribution in [0.25, 0.3) is 11.1 Å². The van der Waals surface area contributed by atoms with Crippen LogP contribution in [0.4, 0.5) is 5.69 Å². The number of aromatic hydroxyl groups is 1. The minimum atomic E-state index is 0.179. The molecule has 1 N–H and O–H groups in total. The second-order valence-electron chi connectivity index (χ2n) is 5.00. The second kappa shape index (κ2) is 7.11. The topological polar surface area (TPSA) is 32.6 Å². The number of hydrogen-bond donors (Lipinski definition) is 1. The number of benzene rings is 3. The largest absolute Gasteiger partial charge is 0.506 e. The average Bonchev–Trinajstić information content (AvgIpc) is 2.58. The van der Waals surface area contributed by atoms with Gasteiger partial charge in [0.05, 0.1) is 10.2 Å². The summed E-state index contributed by atoms with van der Waals surface area (Å²) in [6.45, 7) is 0. The van der Waals surface area contributed by atoms with Crippen molar-refractivity contribution in [3.8, 4) is 16.9 Å². The third kappa shape index (κ3) is 3.89. The normalized spacial score (nSPS) is 11.0. The Morgan fingerprint density at radius 2 is 1.48 bits per heavy atom. The SMILES string of the molecule is Oc1c(Br)cc(Br)cc1C=Nc1ccc(-c2ccccc2)cc1. The van der Waals surface area contributed by atoms with Crippen molar-refractivity contribution in [3.05, 3.63) is 81.2 Å². The molecule has 0 heterocycles. The molecule has 0 aromatic heterocycles. The zero-order valence-corrected chi connectivity index (χ0v) is 15.3. The summed E-state index contributed by atoms with van der Waals surface area (Å²) in [5.41, 5.74) is 3.81. The van der Waals surface area contributed by atoms with E-state index in [-0.39, 0.29) is 5.75 Å². The summed E-state index contributed by atoms with van der Waals surface area (Å²) >= 11 is 6.72. The standard InChI is InChI=1S/C19H13Br2NO/c20-16-10-15(19(23)18(21)11-16)12-22-17-8-6-14(7-9-17)13-4-2-1-3-5-13/h1-12,23H. The zero-order valence-electron chi connectivity index (χ0n) is 12.1. The van der Waals surface area contributed by atoms with E-state index >= 15 is 0 Å². The number of nitrogens with zero attached hydrogens (tertiary/aromatic N) is 1. The van der Waals surface area contributed by atoms with Crippen molar-refractivity contribution in [2.24, 2.45) is 4.99 Å². The summed E-state index contributed by atoms with van der Waals surface area (Å²) in [7, 11) is 0.